The first-order valence-electron chi connectivity index (χ1n) is 6.93. The molecule has 5 nitrogen and oxygen atoms in total. The summed E-state index contributed by atoms with van der Waals surface area (Å²) >= 11 is 5.91. The van der Waals surface area contributed by atoms with Crippen LogP contribution in [0.3, 0.4) is 0 Å². The summed E-state index contributed by atoms with van der Waals surface area (Å²) in [7, 11) is 0. The largest absolute Gasteiger partial charge is 0.417 e. The van der Waals surface area contributed by atoms with E-state index in [0.29, 0.717) is 17.3 Å². The Morgan fingerprint density at radius 3 is 2.50 bits per heavy atom. The minimum absolute atomic E-state index is 0.249. The Kier molecular flexibility index (Phi) is 5.86. The lowest BCUT2D eigenvalue weighted by molar-refractivity contribution is -0.137. The first kappa shape index (κ1) is 17.9. The Labute approximate surface area is 141 Å². The zero-order valence-corrected chi connectivity index (χ0v) is 13.1. The van der Waals surface area contributed by atoms with Gasteiger partial charge in [0.1, 0.15) is 5.82 Å². The molecule has 24 heavy (non-hydrogen) atoms. The van der Waals surface area contributed by atoms with Gasteiger partial charge in [0.2, 0.25) is 0 Å². The smallest absolute Gasteiger partial charge is 0.368 e. The topological polar surface area (TPSA) is 66.0 Å². The molecule has 0 unspecified atom stereocenters. The van der Waals surface area contributed by atoms with Crippen molar-refractivity contribution in [1.82, 2.24) is 10.3 Å². The lowest BCUT2D eigenvalue weighted by atomic mass is 10.3. The summed E-state index contributed by atoms with van der Waals surface area (Å²) in [5.74, 6) is 0.288. The average molecular weight is 359 g/mol. The number of urea groups is 1. The molecule has 3 N–H and O–H groups in total. The zero-order chi connectivity index (χ0) is 17.6. The summed E-state index contributed by atoms with van der Waals surface area (Å²) in [6.45, 7) is 0.549. The maximum atomic E-state index is 12.4. The van der Waals surface area contributed by atoms with Gasteiger partial charge in [0.25, 0.3) is 0 Å². The molecule has 2 amide bonds. The lowest BCUT2D eigenvalue weighted by Crippen LogP contribution is -2.32. The molecule has 2 rings (SSSR count). The summed E-state index contributed by atoms with van der Waals surface area (Å²) in [5, 5.41) is 8.39. The molecule has 1 aromatic heterocycles. The van der Waals surface area contributed by atoms with Crippen molar-refractivity contribution in [2.24, 2.45) is 0 Å². The van der Waals surface area contributed by atoms with E-state index in [1.54, 1.807) is 24.3 Å². The van der Waals surface area contributed by atoms with E-state index in [0.717, 1.165) is 12.3 Å². The second-order valence-electron chi connectivity index (χ2n) is 4.72. The number of aromatic nitrogens is 1. The van der Waals surface area contributed by atoms with Crippen LogP contribution in [-0.4, -0.2) is 24.1 Å². The van der Waals surface area contributed by atoms with Gasteiger partial charge in [-0.15, -0.1) is 0 Å². The molecule has 0 bridgehead atoms. The van der Waals surface area contributed by atoms with Crippen molar-refractivity contribution in [2.75, 3.05) is 23.7 Å². The van der Waals surface area contributed by atoms with Gasteiger partial charge in [-0.1, -0.05) is 23.7 Å². The van der Waals surface area contributed by atoms with Gasteiger partial charge in [-0.3, -0.25) is 0 Å². The standard InChI is InChI=1S/C15H14ClF3N4O/c16-11-3-1-2-4-12(11)23-14(24)21-8-7-20-13-6-5-10(9-22-13)15(17,18)19/h1-6,9H,7-8H2,(H,20,22)(H2,21,23,24). The van der Waals surface area contributed by atoms with Gasteiger partial charge in [-0.05, 0) is 24.3 Å². The van der Waals surface area contributed by atoms with Gasteiger partial charge >= 0.3 is 12.2 Å². The molecule has 9 heteroatoms. The maximum absolute atomic E-state index is 12.4. The molecular weight excluding hydrogens is 345 g/mol. The van der Waals surface area contributed by atoms with Crippen molar-refractivity contribution in [2.45, 2.75) is 6.18 Å². The molecule has 1 heterocycles. The highest BCUT2D eigenvalue weighted by atomic mass is 35.5. The van der Waals surface area contributed by atoms with Crippen LogP contribution in [0.4, 0.5) is 29.5 Å². The Bertz CT molecular complexity index is 692. The monoisotopic (exact) mass is 358 g/mol. The summed E-state index contributed by atoms with van der Waals surface area (Å²) < 4.78 is 37.2. The van der Waals surface area contributed by atoms with Crippen molar-refractivity contribution >= 4 is 29.1 Å². The molecule has 0 aliphatic heterocycles. The van der Waals surface area contributed by atoms with Crippen LogP contribution in [0, 0.1) is 0 Å². The van der Waals surface area contributed by atoms with Crippen molar-refractivity contribution in [3.05, 3.63) is 53.2 Å². The number of hydrogen-bond acceptors (Lipinski definition) is 3. The van der Waals surface area contributed by atoms with Crippen molar-refractivity contribution in [3.63, 3.8) is 0 Å². The normalized spacial score (nSPS) is 11.0. The number of halogens is 4. The van der Waals surface area contributed by atoms with Gasteiger partial charge in [-0.25, -0.2) is 9.78 Å². The number of para-hydroxylation sites is 1. The molecule has 128 valence electrons. The highest BCUT2D eigenvalue weighted by molar-refractivity contribution is 6.33. The Morgan fingerprint density at radius 1 is 1.12 bits per heavy atom. The third kappa shape index (κ3) is 5.31. The van der Waals surface area contributed by atoms with Crippen molar-refractivity contribution < 1.29 is 18.0 Å². The maximum Gasteiger partial charge on any atom is 0.417 e. The second kappa shape index (κ2) is 7.87. The van der Waals surface area contributed by atoms with Gasteiger partial charge in [-0.2, -0.15) is 13.2 Å². The van der Waals surface area contributed by atoms with Gasteiger partial charge in [0.15, 0.2) is 0 Å². The predicted octanol–water partition coefficient (Wildman–Crippen LogP) is 3.99. The molecule has 1 aromatic carbocycles. The molecule has 0 fully saturated rings. The third-order valence-electron chi connectivity index (χ3n) is 2.93. The van der Waals surface area contributed by atoms with E-state index < -0.39 is 17.8 Å². The highest BCUT2D eigenvalue weighted by Crippen LogP contribution is 2.28. The van der Waals surface area contributed by atoms with E-state index in [2.05, 4.69) is 20.9 Å². The molecule has 2 aromatic rings. The van der Waals surface area contributed by atoms with Crippen LogP contribution in [0.2, 0.25) is 5.02 Å². The number of amides is 2. The minimum atomic E-state index is -4.41. The quantitative estimate of drug-likeness (QED) is 0.708. The van der Waals surface area contributed by atoms with Crippen molar-refractivity contribution in [1.29, 1.82) is 0 Å². The van der Waals surface area contributed by atoms with E-state index in [4.69, 9.17) is 11.6 Å². The molecule has 0 aliphatic rings. The summed E-state index contributed by atoms with van der Waals surface area (Å²) in [6.07, 6.45) is -3.66. The molecule has 0 saturated heterocycles. The van der Waals surface area contributed by atoms with E-state index in [-0.39, 0.29) is 12.4 Å². The Hall–Kier alpha value is -2.48. The van der Waals surface area contributed by atoms with Crippen LogP contribution < -0.4 is 16.0 Å². The number of nitrogens with zero attached hydrogens (tertiary/aromatic N) is 1. The van der Waals surface area contributed by atoms with Crippen LogP contribution in [0.1, 0.15) is 5.56 Å². The van der Waals surface area contributed by atoms with E-state index in [1.165, 1.54) is 6.07 Å². The number of rotatable bonds is 5. The number of carbonyl (C=O) groups excluding carboxylic acids is 1. The lowest BCUT2D eigenvalue weighted by Gasteiger charge is -2.10. The number of hydrogen-bond donors (Lipinski definition) is 3. The summed E-state index contributed by atoms with van der Waals surface area (Å²) in [5.41, 5.74) is -0.334. The van der Waals surface area contributed by atoms with Crippen LogP contribution in [0.15, 0.2) is 42.6 Å². The Balaban J connectivity index is 1.73. The molecule has 0 spiro atoms. The molecular formula is C15H14ClF3N4O. The SMILES string of the molecule is O=C(NCCNc1ccc(C(F)(F)F)cn1)Nc1ccccc1Cl. The van der Waals surface area contributed by atoms with Crippen LogP contribution >= 0.6 is 11.6 Å². The third-order valence-corrected chi connectivity index (χ3v) is 3.26. The molecule has 0 atom stereocenters. The number of benzene rings is 1. The molecule has 0 radical (unpaired) electrons. The number of nitrogens with one attached hydrogen (secondary N) is 3. The fourth-order valence-electron chi connectivity index (χ4n) is 1.76. The van der Waals surface area contributed by atoms with Gasteiger partial charge in [0.05, 0.1) is 16.3 Å². The molecule has 0 saturated carbocycles. The highest BCUT2D eigenvalue weighted by Gasteiger charge is 2.30. The Morgan fingerprint density at radius 2 is 1.88 bits per heavy atom. The second-order valence-corrected chi connectivity index (χ2v) is 5.12. The zero-order valence-electron chi connectivity index (χ0n) is 12.3. The van der Waals surface area contributed by atoms with E-state index >= 15 is 0 Å². The predicted molar refractivity (Wildman–Crippen MR) is 86.2 cm³/mol. The molecule has 0 aliphatic carbocycles. The summed E-state index contributed by atoms with van der Waals surface area (Å²) in [4.78, 5) is 15.3. The van der Waals surface area contributed by atoms with Gasteiger partial charge < -0.3 is 16.0 Å². The fraction of sp³-hybridized carbons (Fsp3) is 0.200. The summed E-state index contributed by atoms with van der Waals surface area (Å²) in [6, 6.07) is 8.51. The van der Waals surface area contributed by atoms with Gasteiger partial charge in [0, 0.05) is 19.3 Å². The first-order valence-corrected chi connectivity index (χ1v) is 7.30. The first-order chi connectivity index (χ1) is 11.4. The number of alkyl halides is 3. The average Bonchev–Trinajstić information content (AvgIpc) is 2.53. The van der Waals surface area contributed by atoms with Crippen LogP contribution in [0.5, 0.6) is 0 Å². The van der Waals surface area contributed by atoms with E-state index in [9.17, 15) is 18.0 Å². The number of anilines is 2. The number of carbonyl (C=O) groups is 1. The van der Waals surface area contributed by atoms with Crippen LogP contribution in [-0.2, 0) is 6.18 Å². The minimum Gasteiger partial charge on any atom is -0.368 e. The van der Waals surface area contributed by atoms with Crippen LogP contribution in [0.25, 0.3) is 0 Å². The van der Waals surface area contributed by atoms with Crippen molar-refractivity contribution in [3.8, 4) is 0 Å². The number of pyridine rings is 1. The van der Waals surface area contributed by atoms with E-state index in [1.807, 2.05) is 0 Å². The fourth-order valence-corrected chi connectivity index (χ4v) is 1.94.